The molecule has 13 heteroatoms. The Morgan fingerprint density at radius 2 is 1.45 bits per heavy atom. The van der Waals surface area contributed by atoms with E-state index in [0.29, 0.717) is 19.5 Å². The summed E-state index contributed by atoms with van der Waals surface area (Å²) in [6.45, 7) is 8.05. The summed E-state index contributed by atoms with van der Waals surface area (Å²) in [5.41, 5.74) is 5.62. The standard InChI is InChI=1S/C42H52N6O7/c1-25(2)37(46-41(52)55-6)40(51)48-20-8-10-35(48)38-44-24-33(45-38)29-17-15-27(16-18-29)26-11-13-28(14-12-26)30-21-32(43-23-30)34-9-7-19-47(34)39(50)31(42(3,4)53)22-36(49)54-5/h11-18,23-25,31,34-35,37,53H,7-10,19-22H2,1-6H3,(H,44,45)(H,46,52)/t31-,34+,35+,37+/m1/s1. The Hall–Kier alpha value is -5.30. The topological polar surface area (TPSA) is 167 Å². The number of ether oxygens (including phenoxy) is 2. The van der Waals surface area contributed by atoms with Crippen molar-refractivity contribution in [2.45, 2.75) is 89.9 Å². The second kappa shape index (κ2) is 16.6. The number of aromatic nitrogens is 2. The number of imidazole rings is 1. The van der Waals surface area contributed by atoms with E-state index in [1.807, 2.05) is 20.0 Å². The number of methoxy groups -OCH3 is 2. The van der Waals surface area contributed by atoms with Crippen molar-refractivity contribution in [2.24, 2.45) is 16.8 Å². The number of benzene rings is 2. The largest absolute Gasteiger partial charge is 0.469 e. The fraction of sp³-hybridized carbons (Fsp3) is 0.476. The third-order valence-corrected chi connectivity index (χ3v) is 11.1. The van der Waals surface area contributed by atoms with Crippen molar-refractivity contribution in [2.75, 3.05) is 27.3 Å². The monoisotopic (exact) mass is 752 g/mol. The van der Waals surface area contributed by atoms with E-state index in [4.69, 9.17) is 14.5 Å². The maximum absolute atomic E-state index is 13.7. The minimum atomic E-state index is -1.38. The van der Waals surface area contributed by atoms with Gasteiger partial charge in [-0.3, -0.25) is 19.4 Å². The number of hydrogen-bond acceptors (Lipinski definition) is 9. The first-order valence-corrected chi connectivity index (χ1v) is 19.1. The van der Waals surface area contributed by atoms with Crippen molar-refractivity contribution in [3.05, 3.63) is 72.3 Å². The molecule has 0 saturated carbocycles. The Kier molecular flexibility index (Phi) is 11.9. The second-order valence-corrected chi connectivity index (χ2v) is 15.5. The van der Waals surface area contributed by atoms with E-state index in [9.17, 15) is 24.3 Å². The molecule has 6 rings (SSSR count). The number of amides is 3. The molecule has 0 bridgehead atoms. The zero-order valence-electron chi connectivity index (χ0n) is 32.5. The highest BCUT2D eigenvalue weighted by atomic mass is 16.5. The number of aliphatic hydroxyl groups is 1. The molecule has 0 spiro atoms. The number of nitrogens with one attached hydrogen (secondary N) is 2. The normalized spacial score (nSPS) is 19.6. The first-order valence-electron chi connectivity index (χ1n) is 19.1. The van der Waals surface area contributed by atoms with E-state index in [1.54, 1.807) is 29.8 Å². The maximum atomic E-state index is 13.7. The smallest absolute Gasteiger partial charge is 0.407 e. The van der Waals surface area contributed by atoms with E-state index in [-0.39, 0.29) is 36.2 Å². The molecule has 292 valence electrons. The highest BCUT2D eigenvalue weighted by molar-refractivity contribution is 6.03. The lowest BCUT2D eigenvalue weighted by Gasteiger charge is -2.34. The Morgan fingerprint density at radius 3 is 2.04 bits per heavy atom. The van der Waals surface area contributed by atoms with Crippen molar-refractivity contribution >= 4 is 35.2 Å². The first kappa shape index (κ1) is 39.4. The van der Waals surface area contributed by atoms with Gasteiger partial charge in [-0.1, -0.05) is 62.4 Å². The molecule has 3 aromatic rings. The van der Waals surface area contributed by atoms with Gasteiger partial charge in [0.1, 0.15) is 11.9 Å². The number of nitrogens with zero attached hydrogens (tertiary/aromatic N) is 4. The average molecular weight is 753 g/mol. The van der Waals surface area contributed by atoms with Crippen LogP contribution < -0.4 is 5.32 Å². The van der Waals surface area contributed by atoms with Crippen LogP contribution in [0.4, 0.5) is 4.79 Å². The molecule has 3 aliphatic heterocycles. The van der Waals surface area contributed by atoms with Gasteiger partial charge in [0.05, 0.1) is 56.1 Å². The fourth-order valence-electron chi connectivity index (χ4n) is 7.86. The summed E-state index contributed by atoms with van der Waals surface area (Å²) in [6.07, 6.45) is 6.72. The molecule has 2 aromatic carbocycles. The molecule has 55 heavy (non-hydrogen) atoms. The predicted octanol–water partition coefficient (Wildman–Crippen LogP) is 5.91. The minimum absolute atomic E-state index is 0.107. The number of alkyl carbamates (subject to hydrolysis) is 1. The first-order chi connectivity index (χ1) is 26.3. The fourth-order valence-corrected chi connectivity index (χ4v) is 7.86. The number of rotatable bonds is 12. The van der Waals surface area contributed by atoms with Crippen molar-refractivity contribution in [1.29, 1.82) is 0 Å². The number of esters is 1. The van der Waals surface area contributed by atoms with Crippen molar-refractivity contribution in [1.82, 2.24) is 25.1 Å². The van der Waals surface area contributed by atoms with Crippen LogP contribution in [-0.2, 0) is 23.9 Å². The summed E-state index contributed by atoms with van der Waals surface area (Å²) in [6, 6.07) is 15.5. The summed E-state index contributed by atoms with van der Waals surface area (Å²) in [5.74, 6) is -1.21. The van der Waals surface area contributed by atoms with Gasteiger partial charge in [-0.05, 0) is 73.3 Å². The molecule has 0 aliphatic carbocycles. The second-order valence-electron chi connectivity index (χ2n) is 15.5. The number of aromatic amines is 1. The Morgan fingerprint density at radius 1 is 0.873 bits per heavy atom. The van der Waals surface area contributed by atoms with Gasteiger partial charge in [-0.15, -0.1) is 0 Å². The molecule has 2 fully saturated rings. The van der Waals surface area contributed by atoms with Gasteiger partial charge in [0, 0.05) is 31.4 Å². The van der Waals surface area contributed by atoms with E-state index in [2.05, 4.69) is 63.8 Å². The number of allylic oxidation sites excluding steroid dienone is 1. The Labute approximate surface area is 322 Å². The molecular formula is C42H52N6O7. The van der Waals surface area contributed by atoms with Crippen LogP contribution in [0.5, 0.6) is 0 Å². The number of hydrogen-bond donors (Lipinski definition) is 3. The number of carbonyl (C=O) groups is 4. The number of carbonyl (C=O) groups excluding carboxylic acids is 4. The van der Waals surface area contributed by atoms with Gasteiger partial charge >= 0.3 is 12.1 Å². The number of aliphatic imine (C=N–C) groups is 1. The third-order valence-electron chi connectivity index (χ3n) is 11.1. The molecule has 2 saturated heterocycles. The van der Waals surface area contributed by atoms with Gasteiger partial charge in [0.2, 0.25) is 11.8 Å². The lowest BCUT2D eigenvalue weighted by atomic mass is 9.86. The van der Waals surface area contributed by atoms with Crippen LogP contribution in [0.2, 0.25) is 0 Å². The zero-order valence-corrected chi connectivity index (χ0v) is 32.5. The number of likely N-dealkylation sites (tertiary alicyclic amines) is 2. The van der Waals surface area contributed by atoms with Crippen molar-refractivity contribution in [3.8, 4) is 22.4 Å². The van der Waals surface area contributed by atoms with Crippen molar-refractivity contribution in [3.63, 3.8) is 0 Å². The molecule has 4 heterocycles. The van der Waals surface area contributed by atoms with Crippen LogP contribution in [0.1, 0.15) is 83.6 Å². The molecule has 0 unspecified atom stereocenters. The zero-order chi connectivity index (χ0) is 39.4. The van der Waals surface area contributed by atoms with Crippen LogP contribution >= 0.6 is 0 Å². The minimum Gasteiger partial charge on any atom is -0.469 e. The van der Waals surface area contributed by atoms with E-state index >= 15 is 0 Å². The summed E-state index contributed by atoms with van der Waals surface area (Å²) in [5, 5.41) is 13.4. The highest BCUT2D eigenvalue weighted by Crippen LogP contribution is 2.35. The molecular weight excluding hydrogens is 700 g/mol. The van der Waals surface area contributed by atoms with Crippen LogP contribution in [0.15, 0.2) is 65.9 Å². The molecule has 4 atom stereocenters. The summed E-state index contributed by atoms with van der Waals surface area (Å²) in [7, 11) is 2.57. The molecule has 3 aliphatic rings. The Balaban J connectivity index is 1.08. The van der Waals surface area contributed by atoms with E-state index in [1.165, 1.54) is 14.2 Å². The lowest BCUT2D eigenvalue weighted by molar-refractivity contribution is -0.153. The van der Waals surface area contributed by atoms with Gasteiger partial charge in [0.15, 0.2) is 0 Å². The summed E-state index contributed by atoms with van der Waals surface area (Å²) in [4.78, 5) is 67.6. The SMILES string of the molecule is COC(=O)C[C@H](C(=O)N1CCC[C@H]1C1=NC=C(c2ccc(-c3ccc(-c4cnc([C@@H]5CCCN5C(=O)[C@@H](NC(=O)OC)C(C)C)[nH]4)cc3)cc2)C1)C(C)(C)O. The summed E-state index contributed by atoms with van der Waals surface area (Å²) < 4.78 is 9.56. The van der Waals surface area contributed by atoms with Gasteiger partial charge in [-0.25, -0.2) is 9.78 Å². The van der Waals surface area contributed by atoms with Gasteiger partial charge in [-0.2, -0.15) is 0 Å². The summed E-state index contributed by atoms with van der Waals surface area (Å²) >= 11 is 0. The van der Waals surface area contributed by atoms with Crippen LogP contribution in [0, 0.1) is 11.8 Å². The van der Waals surface area contributed by atoms with E-state index < -0.39 is 29.6 Å². The third kappa shape index (κ3) is 8.67. The van der Waals surface area contributed by atoms with Crippen LogP contribution in [0.3, 0.4) is 0 Å². The quantitative estimate of drug-likeness (QED) is 0.192. The van der Waals surface area contributed by atoms with Crippen LogP contribution in [0.25, 0.3) is 28.0 Å². The molecule has 1 aromatic heterocycles. The Bertz CT molecular complexity index is 1940. The maximum Gasteiger partial charge on any atom is 0.407 e. The molecule has 3 N–H and O–H groups in total. The lowest BCUT2D eigenvalue weighted by Crippen LogP contribution is -2.51. The number of H-pyrrole nitrogens is 1. The van der Waals surface area contributed by atoms with Crippen LogP contribution in [-0.4, -0.2) is 99.5 Å². The average Bonchev–Trinajstić information content (AvgIpc) is 4.01. The van der Waals surface area contributed by atoms with E-state index in [0.717, 1.165) is 70.7 Å². The molecule has 13 nitrogen and oxygen atoms in total. The molecule has 3 amide bonds. The predicted molar refractivity (Wildman–Crippen MR) is 208 cm³/mol. The van der Waals surface area contributed by atoms with Gasteiger partial charge < -0.3 is 34.7 Å². The molecule has 0 radical (unpaired) electrons. The van der Waals surface area contributed by atoms with Crippen molar-refractivity contribution < 1.29 is 33.8 Å². The van der Waals surface area contributed by atoms with Gasteiger partial charge in [0.25, 0.3) is 0 Å². The highest BCUT2D eigenvalue weighted by Gasteiger charge is 2.43.